The number of rotatable bonds is 5. The molecule has 1 saturated heterocycles. The van der Waals surface area contributed by atoms with Crippen molar-refractivity contribution in [3.05, 3.63) is 46.2 Å². The molecule has 1 aromatic rings. The van der Waals surface area contributed by atoms with Crippen LogP contribution in [0.3, 0.4) is 0 Å². The van der Waals surface area contributed by atoms with Crippen LogP contribution < -0.4 is 5.32 Å². The van der Waals surface area contributed by atoms with E-state index in [1.165, 1.54) is 18.7 Å². The minimum atomic E-state index is -1.26. The maximum atomic E-state index is 12.6. The van der Waals surface area contributed by atoms with Gasteiger partial charge in [0.2, 0.25) is 0 Å². The van der Waals surface area contributed by atoms with Crippen molar-refractivity contribution in [2.75, 3.05) is 12.4 Å². The Morgan fingerprint density at radius 1 is 1.25 bits per heavy atom. The molecule has 1 aromatic carbocycles. The highest BCUT2D eigenvalue weighted by Crippen LogP contribution is 2.40. The number of hydrogen-bond acceptors (Lipinski definition) is 6. The average molecular weight is 404 g/mol. The van der Waals surface area contributed by atoms with Crippen LogP contribution in [0.1, 0.15) is 28.4 Å². The summed E-state index contributed by atoms with van der Waals surface area (Å²) in [4.78, 5) is 49.0. The summed E-state index contributed by atoms with van der Waals surface area (Å²) in [7, 11) is 0. The zero-order chi connectivity index (χ0) is 20.6. The van der Waals surface area contributed by atoms with Crippen LogP contribution >= 0.6 is 11.8 Å². The van der Waals surface area contributed by atoms with Crippen LogP contribution in [0, 0.1) is 13.8 Å². The summed E-state index contributed by atoms with van der Waals surface area (Å²) in [5.41, 5.74) is 2.51. The third-order valence-electron chi connectivity index (χ3n) is 4.47. The van der Waals surface area contributed by atoms with Crippen LogP contribution in [0.25, 0.3) is 0 Å². The zero-order valence-corrected chi connectivity index (χ0v) is 16.5. The molecule has 0 aliphatic carbocycles. The number of amides is 2. The Kier molecular flexibility index (Phi) is 5.46. The van der Waals surface area contributed by atoms with E-state index in [1.54, 1.807) is 12.1 Å². The van der Waals surface area contributed by atoms with Crippen LogP contribution in [0.5, 0.6) is 0 Å². The van der Waals surface area contributed by atoms with Crippen molar-refractivity contribution in [3.63, 3.8) is 0 Å². The molecule has 2 amide bonds. The molecule has 2 aliphatic heterocycles. The molecule has 0 saturated carbocycles. The van der Waals surface area contributed by atoms with Gasteiger partial charge in [-0.05, 0) is 26.0 Å². The second kappa shape index (κ2) is 7.67. The molecule has 0 radical (unpaired) electrons. The van der Waals surface area contributed by atoms with Crippen molar-refractivity contribution in [2.45, 2.75) is 32.2 Å². The van der Waals surface area contributed by atoms with E-state index in [2.05, 4.69) is 5.32 Å². The topological polar surface area (TPSA) is 113 Å². The molecule has 2 atom stereocenters. The molecule has 2 N–H and O–H groups in total. The van der Waals surface area contributed by atoms with Gasteiger partial charge in [-0.3, -0.25) is 19.3 Å². The summed E-state index contributed by atoms with van der Waals surface area (Å²) in [6.45, 7) is 4.81. The van der Waals surface area contributed by atoms with E-state index in [4.69, 9.17) is 4.74 Å². The van der Waals surface area contributed by atoms with Crippen molar-refractivity contribution in [1.82, 2.24) is 10.2 Å². The fourth-order valence-corrected chi connectivity index (χ4v) is 4.64. The normalized spacial score (nSPS) is 21.0. The molecule has 0 bridgehead atoms. The van der Waals surface area contributed by atoms with Gasteiger partial charge in [0.25, 0.3) is 11.8 Å². The first kappa shape index (κ1) is 19.9. The lowest BCUT2D eigenvalue weighted by molar-refractivity contribution is -0.149. The highest BCUT2D eigenvalue weighted by atomic mass is 32.2. The Labute approximate surface area is 165 Å². The van der Waals surface area contributed by atoms with Gasteiger partial charge in [0.15, 0.2) is 0 Å². The number of ether oxygens (including phenoxy) is 1. The lowest BCUT2D eigenvalue weighted by Gasteiger charge is -2.49. The van der Waals surface area contributed by atoms with E-state index in [1.807, 2.05) is 19.9 Å². The summed E-state index contributed by atoms with van der Waals surface area (Å²) in [6, 6.07) is 4.61. The van der Waals surface area contributed by atoms with Crippen LogP contribution in [-0.2, 0) is 19.1 Å². The Morgan fingerprint density at radius 3 is 2.46 bits per heavy atom. The summed E-state index contributed by atoms with van der Waals surface area (Å²) in [5, 5.41) is 11.7. The van der Waals surface area contributed by atoms with Gasteiger partial charge in [0.1, 0.15) is 23.7 Å². The number of carbonyl (C=O) groups is 4. The van der Waals surface area contributed by atoms with E-state index < -0.39 is 29.3 Å². The first-order valence-corrected chi connectivity index (χ1v) is 9.66. The number of fused-ring (bicyclic) bond motifs is 1. The van der Waals surface area contributed by atoms with Crippen LogP contribution in [0.15, 0.2) is 29.5 Å². The summed E-state index contributed by atoms with van der Waals surface area (Å²) in [5.74, 6) is -2.37. The molecule has 28 heavy (non-hydrogen) atoms. The van der Waals surface area contributed by atoms with E-state index in [0.29, 0.717) is 16.9 Å². The number of nitrogens with zero attached hydrogens (tertiary/aromatic N) is 1. The van der Waals surface area contributed by atoms with Crippen molar-refractivity contribution in [3.8, 4) is 0 Å². The Morgan fingerprint density at radius 2 is 1.89 bits per heavy atom. The molecule has 3 rings (SSSR count). The lowest BCUT2D eigenvalue weighted by Crippen LogP contribution is -2.70. The minimum absolute atomic E-state index is 0.174. The van der Waals surface area contributed by atoms with Gasteiger partial charge in [-0.25, -0.2) is 4.79 Å². The Bertz CT molecular complexity index is 889. The summed E-state index contributed by atoms with van der Waals surface area (Å²) in [6.07, 6.45) is 0. The molecule has 0 spiro atoms. The number of carboxylic acids is 1. The average Bonchev–Trinajstić information content (AvgIpc) is 2.62. The standard InChI is InChI=1S/C19H20N2O6S/c1-9-4-10(2)6-12(5-9)16(23)20-14-17(24)21-15(19(25)26)13(7-27-11(3)22)8-28-18(14)21/h4-6,14,18H,7-8H2,1-3H3,(H,20,23)(H,25,26)/t14-,18-/m1/s1. The number of β-lactam (4-membered cyclic amide) rings is 1. The number of aliphatic carboxylic acids is 1. The fourth-order valence-electron chi connectivity index (χ4n) is 3.31. The number of nitrogens with one attached hydrogen (secondary N) is 1. The van der Waals surface area contributed by atoms with E-state index in [-0.39, 0.29) is 18.2 Å². The highest BCUT2D eigenvalue weighted by Gasteiger charge is 2.54. The molecule has 0 aromatic heterocycles. The largest absolute Gasteiger partial charge is 0.477 e. The number of hydrogen-bond donors (Lipinski definition) is 2. The van der Waals surface area contributed by atoms with Gasteiger partial charge in [-0.2, -0.15) is 0 Å². The van der Waals surface area contributed by atoms with E-state index in [0.717, 1.165) is 16.0 Å². The Hall–Kier alpha value is -2.81. The predicted octanol–water partition coefficient (Wildman–Crippen LogP) is 1.22. The van der Waals surface area contributed by atoms with Gasteiger partial charge in [0, 0.05) is 23.8 Å². The first-order valence-electron chi connectivity index (χ1n) is 8.61. The molecule has 2 heterocycles. The van der Waals surface area contributed by atoms with Crippen LogP contribution in [0.4, 0.5) is 0 Å². The summed E-state index contributed by atoms with van der Waals surface area (Å²) < 4.78 is 4.90. The Balaban J connectivity index is 1.77. The monoisotopic (exact) mass is 404 g/mol. The third kappa shape index (κ3) is 3.75. The summed E-state index contributed by atoms with van der Waals surface area (Å²) >= 11 is 1.33. The molecule has 0 unspecified atom stereocenters. The van der Waals surface area contributed by atoms with Crippen molar-refractivity contribution in [1.29, 1.82) is 0 Å². The number of esters is 1. The fraction of sp³-hybridized carbons (Fsp3) is 0.368. The van der Waals surface area contributed by atoms with Crippen molar-refractivity contribution in [2.24, 2.45) is 0 Å². The third-order valence-corrected chi connectivity index (χ3v) is 5.81. The molecule has 2 aliphatic rings. The maximum absolute atomic E-state index is 12.6. The van der Waals surface area contributed by atoms with Gasteiger partial charge < -0.3 is 15.2 Å². The molecule has 1 fully saturated rings. The van der Waals surface area contributed by atoms with Gasteiger partial charge in [-0.1, -0.05) is 17.2 Å². The van der Waals surface area contributed by atoms with Gasteiger partial charge >= 0.3 is 11.9 Å². The molecule has 9 heteroatoms. The minimum Gasteiger partial charge on any atom is -0.477 e. The molecule has 148 valence electrons. The lowest BCUT2D eigenvalue weighted by atomic mass is 10.0. The molecule has 8 nitrogen and oxygen atoms in total. The predicted molar refractivity (Wildman–Crippen MR) is 102 cm³/mol. The van der Waals surface area contributed by atoms with E-state index in [9.17, 15) is 24.3 Å². The number of benzene rings is 1. The van der Waals surface area contributed by atoms with Crippen molar-refractivity contribution < 1.29 is 29.0 Å². The van der Waals surface area contributed by atoms with Crippen LogP contribution in [0.2, 0.25) is 0 Å². The van der Waals surface area contributed by atoms with Crippen LogP contribution in [-0.4, -0.2) is 57.5 Å². The molecular weight excluding hydrogens is 384 g/mol. The highest BCUT2D eigenvalue weighted by molar-refractivity contribution is 8.00. The zero-order valence-electron chi connectivity index (χ0n) is 15.6. The second-order valence-electron chi connectivity index (χ2n) is 6.77. The first-order chi connectivity index (χ1) is 13.2. The number of thioether (sulfide) groups is 1. The van der Waals surface area contributed by atoms with Gasteiger partial charge in [0.05, 0.1) is 0 Å². The van der Waals surface area contributed by atoms with Gasteiger partial charge in [-0.15, -0.1) is 11.8 Å². The molecular formula is C19H20N2O6S. The smallest absolute Gasteiger partial charge is 0.352 e. The number of aryl methyl sites for hydroxylation is 2. The second-order valence-corrected chi connectivity index (χ2v) is 7.88. The van der Waals surface area contributed by atoms with Crippen molar-refractivity contribution >= 4 is 35.5 Å². The SMILES string of the molecule is CC(=O)OCC1=C(C(=O)O)N2C(=O)[C@@H](NC(=O)c3cc(C)cc(C)c3)[C@H]2SC1. The maximum Gasteiger partial charge on any atom is 0.352 e. The van der Waals surface area contributed by atoms with E-state index >= 15 is 0 Å². The number of carboxylic acid groups (broad SMARTS) is 1. The quantitative estimate of drug-likeness (QED) is 0.560. The number of carbonyl (C=O) groups excluding carboxylic acids is 3.